The normalized spacial score (nSPS) is 10.3. The first kappa shape index (κ1) is 9.88. The minimum atomic E-state index is -1.53. The SMILES string of the molecule is Cn1cc(B(O)O)c(-c2ccccn2)n1. The first-order valence-electron chi connectivity index (χ1n) is 4.49. The molecule has 0 bridgehead atoms. The van der Waals surface area contributed by atoms with Gasteiger partial charge in [0.15, 0.2) is 0 Å². The zero-order chi connectivity index (χ0) is 10.8. The van der Waals surface area contributed by atoms with E-state index in [0.717, 1.165) is 0 Å². The summed E-state index contributed by atoms with van der Waals surface area (Å²) in [6, 6.07) is 5.39. The van der Waals surface area contributed by atoms with Crippen LogP contribution in [0.1, 0.15) is 0 Å². The molecule has 0 saturated heterocycles. The molecule has 0 aliphatic rings. The van der Waals surface area contributed by atoms with Gasteiger partial charge in [0.25, 0.3) is 0 Å². The van der Waals surface area contributed by atoms with Gasteiger partial charge in [-0.05, 0) is 12.1 Å². The molecule has 0 aliphatic carbocycles. The number of aryl methyl sites for hydroxylation is 1. The van der Waals surface area contributed by atoms with Crippen LogP contribution in [-0.4, -0.2) is 31.9 Å². The molecule has 0 radical (unpaired) electrons. The molecule has 0 unspecified atom stereocenters. The van der Waals surface area contributed by atoms with E-state index in [2.05, 4.69) is 10.1 Å². The van der Waals surface area contributed by atoms with Gasteiger partial charge in [0.2, 0.25) is 0 Å². The molecule has 6 heteroatoms. The molecule has 0 atom stereocenters. The molecule has 2 N–H and O–H groups in total. The number of nitrogens with zero attached hydrogens (tertiary/aromatic N) is 3. The molecule has 2 aromatic rings. The Balaban J connectivity index is 2.53. The summed E-state index contributed by atoms with van der Waals surface area (Å²) in [4.78, 5) is 4.11. The molecule has 0 amide bonds. The van der Waals surface area contributed by atoms with Gasteiger partial charge in [-0.25, -0.2) is 0 Å². The van der Waals surface area contributed by atoms with E-state index in [4.69, 9.17) is 10.0 Å². The zero-order valence-electron chi connectivity index (χ0n) is 8.20. The van der Waals surface area contributed by atoms with Crippen LogP contribution in [0.25, 0.3) is 11.4 Å². The zero-order valence-corrected chi connectivity index (χ0v) is 8.20. The van der Waals surface area contributed by atoms with Crippen LogP contribution in [0, 0.1) is 0 Å². The summed E-state index contributed by atoms with van der Waals surface area (Å²) >= 11 is 0. The van der Waals surface area contributed by atoms with Crippen LogP contribution in [0.4, 0.5) is 0 Å². The van der Waals surface area contributed by atoms with Crippen molar-refractivity contribution in [3.63, 3.8) is 0 Å². The molecule has 2 heterocycles. The Morgan fingerprint density at radius 3 is 2.73 bits per heavy atom. The van der Waals surface area contributed by atoms with Crippen molar-refractivity contribution in [2.45, 2.75) is 0 Å². The molecule has 0 fully saturated rings. The maximum absolute atomic E-state index is 9.15. The highest BCUT2D eigenvalue weighted by Gasteiger charge is 2.21. The fourth-order valence-corrected chi connectivity index (χ4v) is 1.40. The van der Waals surface area contributed by atoms with Crippen LogP contribution in [0.15, 0.2) is 30.6 Å². The molecule has 2 rings (SSSR count). The molecular weight excluding hydrogens is 193 g/mol. The van der Waals surface area contributed by atoms with Gasteiger partial charge in [0, 0.05) is 24.9 Å². The fourth-order valence-electron chi connectivity index (χ4n) is 1.40. The number of aromatic nitrogens is 3. The Kier molecular flexibility index (Phi) is 2.53. The third kappa shape index (κ3) is 1.90. The van der Waals surface area contributed by atoms with Crippen molar-refractivity contribution >= 4 is 12.6 Å². The molecule has 0 spiro atoms. The summed E-state index contributed by atoms with van der Waals surface area (Å²) in [5, 5.41) is 22.4. The van der Waals surface area contributed by atoms with E-state index < -0.39 is 7.12 Å². The summed E-state index contributed by atoms with van der Waals surface area (Å²) in [5.41, 5.74) is 1.48. The molecule has 0 aliphatic heterocycles. The number of hydrogen-bond donors (Lipinski definition) is 2. The van der Waals surface area contributed by atoms with Gasteiger partial charge in [-0.3, -0.25) is 9.67 Å². The molecule has 5 nitrogen and oxygen atoms in total. The van der Waals surface area contributed by atoms with E-state index in [1.54, 1.807) is 31.6 Å². The van der Waals surface area contributed by atoms with Gasteiger partial charge in [-0.15, -0.1) is 0 Å². The molecular formula is C9H10BN3O2. The van der Waals surface area contributed by atoms with Crippen LogP contribution < -0.4 is 5.46 Å². The van der Waals surface area contributed by atoms with Crippen molar-refractivity contribution in [1.29, 1.82) is 0 Å². The third-order valence-corrected chi connectivity index (χ3v) is 2.04. The van der Waals surface area contributed by atoms with Crippen molar-refractivity contribution in [2.75, 3.05) is 0 Å². The van der Waals surface area contributed by atoms with E-state index in [1.165, 1.54) is 4.68 Å². The maximum atomic E-state index is 9.15. The number of hydrogen-bond acceptors (Lipinski definition) is 4. The second-order valence-corrected chi connectivity index (χ2v) is 3.20. The fraction of sp³-hybridized carbons (Fsp3) is 0.111. The quantitative estimate of drug-likeness (QED) is 0.624. The summed E-state index contributed by atoms with van der Waals surface area (Å²) in [6.45, 7) is 0. The smallest absolute Gasteiger partial charge is 0.423 e. The average Bonchev–Trinajstić information content (AvgIpc) is 2.62. The Morgan fingerprint density at radius 2 is 2.13 bits per heavy atom. The maximum Gasteiger partial charge on any atom is 0.492 e. The largest absolute Gasteiger partial charge is 0.492 e. The monoisotopic (exact) mass is 203 g/mol. The van der Waals surface area contributed by atoms with Crippen molar-refractivity contribution in [3.05, 3.63) is 30.6 Å². The van der Waals surface area contributed by atoms with Gasteiger partial charge >= 0.3 is 7.12 Å². The van der Waals surface area contributed by atoms with Crippen molar-refractivity contribution < 1.29 is 10.0 Å². The van der Waals surface area contributed by atoms with Crippen LogP contribution in [0.3, 0.4) is 0 Å². The van der Waals surface area contributed by atoms with E-state index in [9.17, 15) is 0 Å². The lowest BCUT2D eigenvalue weighted by Gasteiger charge is -1.99. The highest BCUT2D eigenvalue weighted by molar-refractivity contribution is 6.60. The van der Waals surface area contributed by atoms with Gasteiger partial charge in [-0.1, -0.05) is 6.07 Å². The first-order chi connectivity index (χ1) is 7.18. The van der Waals surface area contributed by atoms with Crippen LogP contribution in [0.2, 0.25) is 0 Å². The first-order valence-corrected chi connectivity index (χ1v) is 4.49. The minimum Gasteiger partial charge on any atom is -0.423 e. The summed E-state index contributed by atoms with van der Waals surface area (Å²) in [7, 11) is 0.189. The Hall–Kier alpha value is -1.66. The standard InChI is InChI=1S/C9H10BN3O2/c1-13-6-7(10(14)15)9(12-13)8-4-2-3-5-11-8/h2-6,14-15H,1H3. The van der Waals surface area contributed by atoms with Crippen molar-refractivity contribution in [1.82, 2.24) is 14.8 Å². The van der Waals surface area contributed by atoms with Gasteiger partial charge < -0.3 is 10.0 Å². The molecule has 0 saturated carbocycles. The molecule has 0 aromatic carbocycles. The van der Waals surface area contributed by atoms with E-state index in [0.29, 0.717) is 16.9 Å². The molecule has 15 heavy (non-hydrogen) atoms. The summed E-state index contributed by atoms with van der Waals surface area (Å²) < 4.78 is 1.53. The summed E-state index contributed by atoms with van der Waals surface area (Å²) in [6.07, 6.45) is 3.20. The van der Waals surface area contributed by atoms with Crippen LogP contribution >= 0.6 is 0 Å². The van der Waals surface area contributed by atoms with Gasteiger partial charge in [0.1, 0.15) is 5.69 Å². The second kappa shape index (κ2) is 3.84. The Labute approximate surface area is 87.2 Å². The number of pyridine rings is 1. The highest BCUT2D eigenvalue weighted by Crippen LogP contribution is 2.10. The van der Waals surface area contributed by atoms with Crippen molar-refractivity contribution in [3.8, 4) is 11.4 Å². The lowest BCUT2D eigenvalue weighted by atomic mass is 9.80. The highest BCUT2D eigenvalue weighted by atomic mass is 16.4. The minimum absolute atomic E-state index is 0.358. The Morgan fingerprint density at radius 1 is 1.33 bits per heavy atom. The lowest BCUT2D eigenvalue weighted by molar-refractivity contribution is 0.426. The summed E-state index contributed by atoms with van der Waals surface area (Å²) in [5.74, 6) is 0. The Bertz CT molecular complexity index is 456. The van der Waals surface area contributed by atoms with Crippen LogP contribution in [0.5, 0.6) is 0 Å². The second-order valence-electron chi connectivity index (χ2n) is 3.20. The van der Waals surface area contributed by atoms with Crippen LogP contribution in [-0.2, 0) is 7.05 Å². The van der Waals surface area contributed by atoms with E-state index in [1.807, 2.05) is 6.07 Å². The van der Waals surface area contributed by atoms with E-state index in [-0.39, 0.29) is 0 Å². The topological polar surface area (TPSA) is 71.2 Å². The van der Waals surface area contributed by atoms with Gasteiger partial charge in [-0.2, -0.15) is 5.10 Å². The predicted molar refractivity (Wildman–Crippen MR) is 56.3 cm³/mol. The average molecular weight is 203 g/mol. The van der Waals surface area contributed by atoms with Gasteiger partial charge in [0.05, 0.1) is 5.69 Å². The predicted octanol–water partition coefficient (Wildman–Crippen LogP) is -0.838. The van der Waals surface area contributed by atoms with Crippen molar-refractivity contribution in [2.24, 2.45) is 7.05 Å². The number of rotatable bonds is 2. The third-order valence-electron chi connectivity index (χ3n) is 2.04. The van der Waals surface area contributed by atoms with E-state index >= 15 is 0 Å². The molecule has 2 aromatic heterocycles. The lowest BCUT2D eigenvalue weighted by Crippen LogP contribution is -2.30. The molecule has 76 valence electrons.